The van der Waals surface area contributed by atoms with Gasteiger partial charge in [-0.15, -0.1) is 0 Å². The Morgan fingerprint density at radius 2 is 1.68 bits per heavy atom. The Kier molecular flexibility index (Phi) is 5.95. The van der Waals surface area contributed by atoms with E-state index < -0.39 is 0 Å². The summed E-state index contributed by atoms with van der Waals surface area (Å²) >= 11 is 6.22. The van der Waals surface area contributed by atoms with Gasteiger partial charge in [0.1, 0.15) is 17.3 Å². The highest BCUT2D eigenvalue weighted by Gasteiger charge is 2.19. The SMILES string of the molecule is COc1ccc(CCn2c(-c3c(OC)ccc4ccccc34)nc3ccc(Cl)cc3c2=O)cc1. The van der Waals surface area contributed by atoms with E-state index in [1.165, 1.54) is 0 Å². The molecular formula is C28H23ClN2O3. The molecule has 1 aromatic heterocycles. The van der Waals surface area contributed by atoms with Gasteiger partial charge in [-0.05, 0) is 59.2 Å². The van der Waals surface area contributed by atoms with Crippen molar-refractivity contribution in [3.05, 3.63) is 99.8 Å². The molecule has 0 aliphatic rings. The van der Waals surface area contributed by atoms with Crippen LogP contribution in [0.15, 0.2) is 83.7 Å². The number of fused-ring (bicyclic) bond motifs is 2. The van der Waals surface area contributed by atoms with Crippen LogP contribution in [-0.2, 0) is 13.0 Å². The Bertz CT molecular complexity index is 1560. The lowest BCUT2D eigenvalue weighted by Crippen LogP contribution is -2.24. The summed E-state index contributed by atoms with van der Waals surface area (Å²) in [5.41, 5.74) is 2.35. The van der Waals surface area contributed by atoms with Crippen molar-refractivity contribution in [2.24, 2.45) is 0 Å². The molecule has 0 saturated heterocycles. The molecule has 6 heteroatoms. The highest BCUT2D eigenvalue weighted by molar-refractivity contribution is 6.31. The van der Waals surface area contributed by atoms with Gasteiger partial charge >= 0.3 is 0 Å². The van der Waals surface area contributed by atoms with Gasteiger partial charge in [-0.3, -0.25) is 9.36 Å². The van der Waals surface area contributed by atoms with E-state index in [0.29, 0.717) is 40.5 Å². The Balaban J connectivity index is 1.73. The molecule has 5 rings (SSSR count). The molecule has 5 aromatic rings. The van der Waals surface area contributed by atoms with Gasteiger partial charge < -0.3 is 9.47 Å². The van der Waals surface area contributed by atoms with Crippen molar-refractivity contribution in [2.75, 3.05) is 14.2 Å². The van der Waals surface area contributed by atoms with E-state index in [9.17, 15) is 4.79 Å². The van der Waals surface area contributed by atoms with Crippen molar-refractivity contribution in [3.63, 3.8) is 0 Å². The molecule has 0 aliphatic heterocycles. The van der Waals surface area contributed by atoms with Crippen molar-refractivity contribution in [1.82, 2.24) is 9.55 Å². The van der Waals surface area contributed by atoms with E-state index in [-0.39, 0.29) is 5.56 Å². The zero-order valence-corrected chi connectivity index (χ0v) is 19.7. The van der Waals surface area contributed by atoms with Crippen molar-refractivity contribution in [1.29, 1.82) is 0 Å². The number of aryl methyl sites for hydroxylation is 1. The summed E-state index contributed by atoms with van der Waals surface area (Å²) in [6.07, 6.45) is 0.651. The van der Waals surface area contributed by atoms with Crippen molar-refractivity contribution >= 4 is 33.3 Å². The Labute approximate surface area is 202 Å². The molecule has 0 N–H and O–H groups in total. The maximum atomic E-state index is 13.7. The molecule has 5 nitrogen and oxygen atoms in total. The molecule has 4 aromatic carbocycles. The number of aromatic nitrogens is 2. The average Bonchev–Trinajstić information content (AvgIpc) is 2.88. The molecule has 0 spiro atoms. The smallest absolute Gasteiger partial charge is 0.261 e. The molecule has 0 saturated carbocycles. The van der Waals surface area contributed by atoms with Crippen molar-refractivity contribution in [2.45, 2.75) is 13.0 Å². The van der Waals surface area contributed by atoms with E-state index in [1.807, 2.05) is 60.7 Å². The van der Waals surface area contributed by atoms with Crippen LogP contribution < -0.4 is 15.0 Å². The Hall–Kier alpha value is -3.83. The third-order valence-electron chi connectivity index (χ3n) is 6.03. The Morgan fingerprint density at radius 3 is 2.44 bits per heavy atom. The minimum Gasteiger partial charge on any atom is -0.497 e. The summed E-state index contributed by atoms with van der Waals surface area (Å²) in [5, 5.41) is 3.01. The Morgan fingerprint density at radius 1 is 0.882 bits per heavy atom. The number of halogens is 1. The largest absolute Gasteiger partial charge is 0.497 e. The third-order valence-corrected chi connectivity index (χ3v) is 6.27. The minimum atomic E-state index is -0.133. The van der Waals surface area contributed by atoms with Gasteiger partial charge in [0.05, 0.1) is 30.7 Å². The minimum absolute atomic E-state index is 0.133. The van der Waals surface area contributed by atoms with E-state index >= 15 is 0 Å². The van der Waals surface area contributed by atoms with E-state index in [0.717, 1.165) is 27.6 Å². The highest BCUT2D eigenvalue weighted by atomic mass is 35.5. The first-order chi connectivity index (χ1) is 16.6. The lowest BCUT2D eigenvalue weighted by Gasteiger charge is -2.18. The topological polar surface area (TPSA) is 53.4 Å². The molecule has 0 fully saturated rings. The van der Waals surface area contributed by atoms with Crippen LogP contribution in [0.4, 0.5) is 0 Å². The van der Waals surface area contributed by atoms with Crippen LogP contribution >= 0.6 is 11.6 Å². The van der Waals surface area contributed by atoms with Crippen LogP contribution in [0.3, 0.4) is 0 Å². The molecular weight excluding hydrogens is 448 g/mol. The summed E-state index contributed by atoms with van der Waals surface area (Å²) in [7, 11) is 3.28. The number of hydrogen-bond acceptors (Lipinski definition) is 4. The summed E-state index contributed by atoms with van der Waals surface area (Å²) in [5.74, 6) is 2.03. The number of benzene rings is 4. The maximum absolute atomic E-state index is 13.7. The van der Waals surface area contributed by atoms with Crippen LogP contribution in [0.25, 0.3) is 33.1 Å². The van der Waals surface area contributed by atoms with Gasteiger partial charge in [0.2, 0.25) is 0 Å². The van der Waals surface area contributed by atoms with Crippen LogP contribution in [0.2, 0.25) is 5.02 Å². The summed E-state index contributed by atoms with van der Waals surface area (Å²) in [6.45, 7) is 0.447. The molecule has 34 heavy (non-hydrogen) atoms. The van der Waals surface area contributed by atoms with Crippen molar-refractivity contribution < 1.29 is 9.47 Å². The van der Waals surface area contributed by atoms with Crippen LogP contribution in [0, 0.1) is 0 Å². The first kappa shape index (κ1) is 22.0. The average molecular weight is 471 g/mol. The second-order valence-corrected chi connectivity index (χ2v) is 8.45. The lowest BCUT2D eigenvalue weighted by molar-refractivity contribution is 0.414. The fourth-order valence-electron chi connectivity index (χ4n) is 4.28. The standard InChI is InChI=1S/C28H23ClN2O3/c1-33-21-11-7-18(8-12-21)15-16-31-27(30-24-13-10-20(29)17-23(24)28(31)32)26-22-6-4-3-5-19(22)9-14-25(26)34-2/h3-14,17H,15-16H2,1-2H3. The number of hydrogen-bond donors (Lipinski definition) is 0. The normalized spacial score (nSPS) is 11.1. The van der Waals surface area contributed by atoms with Crippen molar-refractivity contribution in [3.8, 4) is 22.9 Å². The quantitative estimate of drug-likeness (QED) is 0.299. The predicted octanol–water partition coefficient (Wildman–Crippen LogP) is 6.13. The maximum Gasteiger partial charge on any atom is 0.261 e. The van der Waals surface area contributed by atoms with Gasteiger partial charge in [-0.1, -0.05) is 54.1 Å². The fourth-order valence-corrected chi connectivity index (χ4v) is 4.45. The predicted molar refractivity (Wildman–Crippen MR) is 137 cm³/mol. The molecule has 0 atom stereocenters. The molecule has 0 unspecified atom stereocenters. The zero-order valence-electron chi connectivity index (χ0n) is 18.9. The molecule has 0 radical (unpaired) electrons. The molecule has 170 valence electrons. The summed E-state index contributed by atoms with van der Waals surface area (Å²) in [4.78, 5) is 18.7. The third kappa shape index (κ3) is 3.99. The lowest BCUT2D eigenvalue weighted by atomic mass is 10.0. The fraction of sp³-hybridized carbons (Fsp3) is 0.143. The zero-order chi connectivity index (χ0) is 23.7. The second kappa shape index (κ2) is 9.20. The molecule has 0 amide bonds. The van der Waals surface area contributed by atoms with Crippen LogP contribution in [0.5, 0.6) is 11.5 Å². The van der Waals surface area contributed by atoms with E-state index in [1.54, 1.807) is 37.0 Å². The van der Waals surface area contributed by atoms with Crippen LogP contribution in [0.1, 0.15) is 5.56 Å². The molecule has 0 aliphatic carbocycles. The number of nitrogens with zero attached hydrogens (tertiary/aromatic N) is 2. The summed E-state index contributed by atoms with van der Waals surface area (Å²) < 4.78 is 12.7. The van der Waals surface area contributed by atoms with Gasteiger partial charge in [-0.2, -0.15) is 0 Å². The van der Waals surface area contributed by atoms with Gasteiger partial charge in [0, 0.05) is 11.6 Å². The van der Waals surface area contributed by atoms with E-state index in [4.69, 9.17) is 26.1 Å². The van der Waals surface area contributed by atoms with Gasteiger partial charge in [0.15, 0.2) is 0 Å². The first-order valence-corrected chi connectivity index (χ1v) is 11.4. The second-order valence-electron chi connectivity index (χ2n) is 8.02. The van der Waals surface area contributed by atoms with Crippen LogP contribution in [-0.4, -0.2) is 23.8 Å². The molecule has 1 heterocycles. The number of methoxy groups -OCH3 is 2. The summed E-state index contributed by atoms with van der Waals surface area (Å²) in [6, 6.07) is 25.0. The monoisotopic (exact) mass is 470 g/mol. The van der Waals surface area contributed by atoms with E-state index in [2.05, 4.69) is 0 Å². The number of rotatable bonds is 6. The molecule has 0 bridgehead atoms. The number of ether oxygens (including phenoxy) is 2. The first-order valence-electron chi connectivity index (χ1n) is 11.0. The van der Waals surface area contributed by atoms with Gasteiger partial charge in [-0.25, -0.2) is 4.98 Å². The van der Waals surface area contributed by atoms with Gasteiger partial charge in [0.25, 0.3) is 5.56 Å². The highest BCUT2D eigenvalue weighted by Crippen LogP contribution is 2.36.